The van der Waals surface area contributed by atoms with Crippen LogP contribution in [0.2, 0.25) is 0 Å². The Hall–Kier alpha value is -0.900. The van der Waals surface area contributed by atoms with Gasteiger partial charge in [0.2, 0.25) is 5.89 Å². The Morgan fingerprint density at radius 2 is 1.76 bits per heavy atom. The normalized spacial score (nSPS) is 31.0. The second-order valence-electron chi connectivity index (χ2n) is 7.84. The van der Waals surface area contributed by atoms with Crippen LogP contribution in [0.3, 0.4) is 0 Å². The highest BCUT2D eigenvalue weighted by Crippen LogP contribution is 2.42. The van der Waals surface area contributed by atoms with Gasteiger partial charge in [-0.15, -0.1) is 0 Å². The Morgan fingerprint density at radius 3 is 2.52 bits per heavy atom. The van der Waals surface area contributed by atoms with E-state index >= 15 is 0 Å². The molecule has 4 heteroatoms. The molecule has 0 spiro atoms. The number of nitrogens with zero attached hydrogens (tertiary/aromatic N) is 2. The van der Waals surface area contributed by atoms with Gasteiger partial charge in [0.1, 0.15) is 0 Å². The highest BCUT2D eigenvalue weighted by molar-refractivity contribution is 5.04. The number of nitrogens with two attached hydrogens (primary N) is 1. The quantitative estimate of drug-likeness (QED) is 0.832. The molecule has 0 saturated heterocycles. The molecule has 2 fully saturated rings. The first kappa shape index (κ1) is 15.0. The zero-order valence-corrected chi connectivity index (χ0v) is 13.5. The van der Waals surface area contributed by atoms with E-state index in [1.54, 1.807) is 0 Å². The first-order chi connectivity index (χ1) is 10.1. The molecule has 21 heavy (non-hydrogen) atoms. The first-order valence-corrected chi connectivity index (χ1v) is 8.64. The maximum Gasteiger partial charge on any atom is 0.231 e. The van der Waals surface area contributed by atoms with E-state index in [1.165, 1.54) is 44.9 Å². The summed E-state index contributed by atoms with van der Waals surface area (Å²) in [5, 5.41) is 4.29. The molecule has 3 rings (SSSR count). The van der Waals surface area contributed by atoms with Crippen molar-refractivity contribution >= 4 is 0 Å². The van der Waals surface area contributed by atoms with E-state index in [0.717, 1.165) is 24.6 Å². The van der Waals surface area contributed by atoms with Crippen molar-refractivity contribution in [1.82, 2.24) is 10.1 Å². The summed E-state index contributed by atoms with van der Waals surface area (Å²) >= 11 is 0. The maximum atomic E-state index is 6.31. The van der Waals surface area contributed by atoms with Crippen LogP contribution in [0.5, 0.6) is 0 Å². The van der Waals surface area contributed by atoms with E-state index in [2.05, 4.69) is 19.0 Å². The molecule has 1 aromatic heterocycles. The summed E-state index contributed by atoms with van der Waals surface area (Å²) < 4.78 is 5.59. The molecule has 0 radical (unpaired) electrons. The van der Waals surface area contributed by atoms with Crippen molar-refractivity contribution in [2.45, 2.75) is 89.5 Å². The minimum atomic E-state index is 0.186. The van der Waals surface area contributed by atoms with Crippen LogP contribution < -0.4 is 5.73 Å². The molecule has 2 N–H and O–H groups in total. The van der Waals surface area contributed by atoms with Crippen LogP contribution in [0.25, 0.3) is 0 Å². The Bertz CT molecular complexity index is 458. The molecule has 2 saturated carbocycles. The molecule has 0 amide bonds. The summed E-state index contributed by atoms with van der Waals surface area (Å²) in [7, 11) is 0. The number of aromatic nitrogens is 2. The smallest absolute Gasteiger partial charge is 0.231 e. The van der Waals surface area contributed by atoms with Gasteiger partial charge in [0.15, 0.2) is 5.82 Å². The topological polar surface area (TPSA) is 64.9 Å². The molecule has 1 aromatic rings. The Kier molecular flexibility index (Phi) is 4.34. The fourth-order valence-electron chi connectivity index (χ4n) is 3.86. The van der Waals surface area contributed by atoms with E-state index < -0.39 is 0 Å². The number of rotatable bonds is 2. The molecule has 2 aliphatic carbocycles. The van der Waals surface area contributed by atoms with Crippen molar-refractivity contribution in [2.24, 2.45) is 11.1 Å². The summed E-state index contributed by atoms with van der Waals surface area (Å²) in [5.41, 5.74) is 6.79. The largest absolute Gasteiger partial charge is 0.339 e. The highest BCUT2D eigenvalue weighted by Gasteiger charge is 2.32. The second-order valence-corrected chi connectivity index (χ2v) is 7.84. The monoisotopic (exact) mass is 291 g/mol. The highest BCUT2D eigenvalue weighted by atomic mass is 16.5. The molecule has 118 valence electrons. The zero-order chi connectivity index (χ0) is 14.9. The van der Waals surface area contributed by atoms with Gasteiger partial charge >= 0.3 is 0 Å². The summed E-state index contributed by atoms with van der Waals surface area (Å²) in [6.07, 6.45) is 10.8. The Labute approximate surface area is 127 Å². The molecule has 2 unspecified atom stereocenters. The van der Waals surface area contributed by atoms with E-state index in [9.17, 15) is 0 Å². The van der Waals surface area contributed by atoms with E-state index in [-0.39, 0.29) is 12.0 Å². The third-order valence-electron chi connectivity index (χ3n) is 5.55. The van der Waals surface area contributed by atoms with Crippen LogP contribution in [0.15, 0.2) is 4.52 Å². The summed E-state index contributed by atoms with van der Waals surface area (Å²) in [4.78, 5) is 4.74. The Morgan fingerprint density at radius 1 is 1.05 bits per heavy atom. The van der Waals surface area contributed by atoms with Crippen molar-refractivity contribution < 1.29 is 4.52 Å². The summed E-state index contributed by atoms with van der Waals surface area (Å²) in [6, 6.07) is 0.186. The molecular weight excluding hydrogens is 262 g/mol. The average molecular weight is 291 g/mol. The lowest BCUT2D eigenvalue weighted by molar-refractivity contribution is 0.218. The van der Waals surface area contributed by atoms with Crippen LogP contribution >= 0.6 is 0 Å². The molecule has 4 nitrogen and oxygen atoms in total. The third kappa shape index (κ3) is 3.47. The SMILES string of the molecule is CC1(C)CCC(c2noc(C3CCCCCC3N)n2)CC1. The van der Waals surface area contributed by atoms with Crippen molar-refractivity contribution in [2.75, 3.05) is 0 Å². The minimum absolute atomic E-state index is 0.186. The number of hydrogen-bond donors (Lipinski definition) is 1. The van der Waals surface area contributed by atoms with Crippen LogP contribution in [-0.4, -0.2) is 16.2 Å². The summed E-state index contributed by atoms with van der Waals surface area (Å²) in [5.74, 6) is 2.48. The van der Waals surface area contributed by atoms with Gasteiger partial charge in [-0.3, -0.25) is 0 Å². The van der Waals surface area contributed by atoms with Gasteiger partial charge in [0, 0.05) is 12.0 Å². The molecular formula is C17H29N3O. The van der Waals surface area contributed by atoms with Gasteiger partial charge in [-0.2, -0.15) is 4.98 Å². The summed E-state index contributed by atoms with van der Waals surface area (Å²) in [6.45, 7) is 4.71. The lowest BCUT2D eigenvalue weighted by atomic mass is 9.73. The van der Waals surface area contributed by atoms with Crippen LogP contribution in [-0.2, 0) is 0 Å². The first-order valence-electron chi connectivity index (χ1n) is 8.64. The zero-order valence-electron chi connectivity index (χ0n) is 13.5. The Balaban J connectivity index is 1.68. The third-order valence-corrected chi connectivity index (χ3v) is 5.55. The van der Waals surface area contributed by atoms with Crippen LogP contribution in [0.4, 0.5) is 0 Å². The van der Waals surface area contributed by atoms with Crippen molar-refractivity contribution in [3.63, 3.8) is 0 Å². The van der Waals surface area contributed by atoms with Crippen molar-refractivity contribution in [3.8, 4) is 0 Å². The lowest BCUT2D eigenvalue weighted by Crippen LogP contribution is -2.27. The fraction of sp³-hybridized carbons (Fsp3) is 0.882. The van der Waals surface area contributed by atoms with Gasteiger partial charge in [0.05, 0.1) is 5.92 Å². The van der Waals surface area contributed by atoms with Gasteiger partial charge in [-0.05, 0) is 43.9 Å². The molecule has 0 aromatic carbocycles. The molecule has 2 aliphatic rings. The van der Waals surface area contributed by atoms with Crippen LogP contribution in [0.1, 0.15) is 95.2 Å². The molecule has 2 atom stereocenters. The van der Waals surface area contributed by atoms with E-state index in [0.29, 0.717) is 11.3 Å². The second kappa shape index (κ2) is 6.07. The molecule has 1 heterocycles. The average Bonchev–Trinajstić information content (AvgIpc) is 2.82. The van der Waals surface area contributed by atoms with Gasteiger partial charge in [0.25, 0.3) is 0 Å². The minimum Gasteiger partial charge on any atom is -0.339 e. The standard InChI is InChI=1S/C17H29N3O/c1-17(2)10-8-12(9-11-17)15-19-16(21-20-15)13-6-4-3-5-7-14(13)18/h12-14H,3-11,18H2,1-2H3. The van der Waals surface area contributed by atoms with E-state index in [1.807, 2.05) is 0 Å². The predicted molar refractivity (Wildman–Crippen MR) is 83.1 cm³/mol. The maximum absolute atomic E-state index is 6.31. The van der Waals surface area contributed by atoms with Gasteiger partial charge in [-0.25, -0.2) is 0 Å². The van der Waals surface area contributed by atoms with Gasteiger partial charge < -0.3 is 10.3 Å². The van der Waals surface area contributed by atoms with Crippen LogP contribution in [0, 0.1) is 5.41 Å². The van der Waals surface area contributed by atoms with Crippen molar-refractivity contribution in [3.05, 3.63) is 11.7 Å². The molecule has 0 aliphatic heterocycles. The van der Waals surface area contributed by atoms with Gasteiger partial charge in [-0.1, -0.05) is 38.3 Å². The molecule has 0 bridgehead atoms. The lowest BCUT2D eigenvalue weighted by Gasteiger charge is -2.32. The predicted octanol–water partition coefficient (Wildman–Crippen LogP) is 4.13. The van der Waals surface area contributed by atoms with E-state index in [4.69, 9.17) is 15.2 Å². The number of hydrogen-bond acceptors (Lipinski definition) is 4. The fourth-order valence-corrected chi connectivity index (χ4v) is 3.86. The van der Waals surface area contributed by atoms with Crippen molar-refractivity contribution in [1.29, 1.82) is 0 Å².